The number of rotatable bonds is 7. The predicted molar refractivity (Wildman–Crippen MR) is 104 cm³/mol. The minimum Gasteiger partial charge on any atom is -0.350 e. The van der Waals surface area contributed by atoms with Gasteiger partial charge < -0.3 is 10.6 Å². The maximum absolute atomic E-state index is 12.9. The zero-order valence-electron chi connectivity index (χ0n) is 15.3. The molecule has 2 N–H and O–H groups in total. The van der Waals surface area contributed by atoms with E-state index in [0.717, 1.165) is 5.56 Å². The molecule has 0 spiro atoms. The first-order chi connectivity index (χ1) is 13.5. The topological polar surface area (TPSA) is 84.0 Å². The first kappa shape index (κ1) is 19.2. The molecule has 142 valence electrons. The largest absolute Gasteiger partial charge is 0.350 e. The van der Waals surface area contributed by atoms with Crippen LogP contribution in [0.4, 0.5) is 15.9 Å². The van der Waals surface area contributed by atoms with Crippen molar-refractivity contribution in [2.75, 3.05) is 11.9 Å². The van der Waals surface area contributed by atoms with Crippen LogP contribution in [0.15, 0.2) is 60.9 Å². The minimum absolute atomic E-state index is 0.0347. The number of anilines is 2. The highest BCUT2D eigenvalue weighted by atomic mass is 19.1. The van der Waals surface area contributed by atoms with E-state index in [1.165, 1.54) is 31.5 Å². The Hall–Kier alpha value is -3.61. The number of nitrogens with one attached hydrogen (secondary N) is 2. The van der Waals surface area contributed by atoms with Crippen LogP contribution in [0, 0.1) is 5.82 Å². The number of nitrogens with zero attached hydrogens (tertiary/aromatic N) is 2. The van der Waals surface area contributed by atoms with E-state index in [2.05, 4.69) is 20.6 Å². The molecule has 7 heteroatoms. The highest BCUT2D eigenvalue weighted by molar-refractivity contribution is 5.95. The third kappa shape index (κ3) is 5.20. The number of hydrogen-bond donors (Lipinski definition) is 2. The number of Topliss-reactive ketones (excluding diaryl/α,β-unsaturated/α-hetero) is 1. The van der Waals surface area contributed by atoms with Gasteiger partial charge in [-0.05, 0) is 43.2 Å². The molecule has 6 nitrogen and oxygen atoms in total. The van der Waals surface area contributed by atoms with Gasteiger partial charge in [0.1, 0.15) is 23.7 Å². The molecule has 1 heterocycles. The van der Waals surface area contributed by atoms with Gasteiger partial charge in [-0.15, -0.1) is 0 Å². The molecule has 1 amide bonds. The summed E-state index contributed by atoms with van der Waals surface area (Å²) in [5, 5.41) is 5.84. The second kappa shape index (κ2) is 8.85. The van der Waals surface area contributed by atoms with Gasteiger partial charge >= 0.3 is 0 Å². The van der Waals surface area contributed by atoms with Crippen LogP contribution in [0.25, 0.3) is 0 Å². The Morgan fingerprint density at radius 3 is 2.57 bits per heavy atom. The molecule has 0 unspecified atom stereocenters. The van der Waals surface area contributed by atoms with Crippen molar-refractivity contribution in [1.82, 2.24) is 15.3 Å². The van der Waals surface area contributed by atoms with Gasteiger partial charge in [-0.3, -0.25) is 9.59 Å². The van der Waals surface area contributed by atoms with Crippen LogP contribution in [0.3, 0.4) is 0 Å². The fourth-order valence-corrected chi connectivity index (χ4v) is 2.58. The van der Waals surface area contributed by atoms with E-state index in [0.29, 0.717) is 30.0 Å². The molecule has 0 bridgehead atoms. The molecule has 3 aromatic rings. The van der Waals surface area contributed by atoms with Gasteiger partial charge in [0, 0.05) is 23.9 Å². The third-order valence-corrected chi connectivity index (χ3v) is 4.05. The fraction of sp³-hybridized carbons (Fsp3) is 0.143. The number of aromatic nitrogens is 2. The average molecular weight is 378 g/mol. The van der Waals surface area contributed by atoms with Gasteiger partial charge in [0.15, 0.2) is 5.78 Å². The van der Waals surface area contributed by atoms with Crippen LogP contribution in [-0.4, -0.2) is 28.2 Å². The lowest BCUT2D eigenvalue weighted by molar-refractivity contribution is 0.0948. The maximum Gasteiger partial charge on any atom is 0.270 e. The van der Waals surface area contributed by atoms with Crippen molar-refractivity contribution in [3.8, 4) is 0 Å². The maximum atomic E-state index is 12.9. The normalized spacial score (nSPS) is 10.4. The summed E-state index contributed by atoms with van der Waals surface area (Å²) in [5.41, 5.74) is 2.42. The number of carbonyl (C=O) groups excluding carboxylic acids is 2. The van der Waals surface area contributed by atoms with Crippen molar-refractivity contribution in [3.63, 3.8) is 0 Å². The van der Waals surface area contributed by atoms with Gasteiger partial charge in [0.2, 0.25) is 0 Å². The van der Waals surface area contributed by atoms with Crippen molar-refractivity contribution in [2.45, 2.75) is 13.3 Å². The number of benzene rings is 2. The predicted octanol–water partition coefficient (Wildman–Crippen LogP) is 3.53. The molecule has 0 saturated carbocycles. The Morgan fingerprint density at radius 1 is 1.04 bits per heavy atom. The number of amides is 1. The van der Waals surface area contributed by atoms with Crippen molar-refractivity contribution >= 4 is 23.2 Å². The van der Waals surface area contributed by atoms with Gasteiger partial charge in [-0.25, -0.2) is 14.4 Å². The van der Waals surface area contributed by atoms with Crippen molar-refractivity contribution in [3.05, 3.63) is 83.6 Å². The van der Waals surface area contributed by atoms with Crippen molar-refractivity contribution in [1.29, 1.82) is 0 Å². The lowest BCUT2D eigenvalue weighted by Gasteiger charge is -2.08. The molecule has 0 atom stereocenters. The molecular formula is C21H19FN4O2. The van der Waals surface area contributed by atoms with Crippen LogP contribution >= 0.6 is 0 Å². The SMILES string of the molecule is CC(=O)c1cccc(Nc2cc(C(=O)NCCc3ccc(F)cc3)ncn2)c1. The van der Waals surface area contributed by atoms with E-state index in [9.17, 15) is 14.0 Å². The summed E-state index contributed by atoms with van der Waals surface area (Å²) < 4.78 is 12.9. The van der Waals surface area contributed by atoms with Gasteiger partial charge in [-0.2, -0.15) is 0 Å². The first-order valence-electron chi connectivity index (χ1n) is 8.74. The number of halogens is 1. The van der Waals surface area contributed by atoms with Crippen LogP contribution in [0.2, 0.25) is 0 Å². The third-order valence-electron chi connectivity index (χ3n) is 4.05. The van der Waals surface area contributed by atoms with E-state index in [-0.39, 0.29) is 23.2 Å². The summed E-state index contributed by atoms with van der Waals surface area (Å²) in [6.07, 6.45) is 1.88. The van der Waals surface area contributed by atoms with Crippen LogP contribution in [-0.2, 0) is 6.42 Å². The van der Waals surface area contributed by atoms with Crippen LogP contribution in [0.1, 0.15) is 33.3 Å². The molecule has 0 aliphatic heterocycles. The summed E-state index contributed by atoms with van der Waals surface area (Å²) in [6, 6.07) is 14.7. The second-order valence-electron chi connectivity index (χ2n) is 6.18. The lowest BCUT2D eigenvalue weighted by Crippen LogP contribution is -2.26. The smallest absolute Gasteiger partial charge is 0.270 e. The van der Waals surface area contributed by atoms with E-state index in [1.54, 1.807) is 36.4 Å². The number of carbonyl (C=O) groups is 2. The monoisotopic (exact) mass is 378 g/mol. The molecule has 3 rings (SSSR count). The fourth-order valence-electron chi connectivity index (χ4n) is 2.58. The highest BCUT2D eigenvalue weighted by Gasteiger charge is 2.09. The average Bonchev–Trinajstić information content (AvgIpc) is 2.70. The zero-order valence-corrected chi connectivity index (χ0v) is 15.3. The van der Waals surface area contributed by atoms with Crippen LogP contribution in [0.5, 0.6) is 0 Å². The van der Waals surface area contributed by atoms with E-state index >= 15 is 0 Å². The molecule has 1 aromatic heterocycles. The number of hydrogen-bond acceptors (Lipinski definition) is 5. The Morgan fingerprint density at radius 2 is 1.82 bits per heavy atom. The molecule has 2 aromatic carbocycles. The zero-order chi connectivity index (χ0) is 19.9. The minimum atomic E-state index is -0.329. The summed E-state index contributed by atoms with van der Waals surface area (Å²) in [4.78, 5) is 31.9. The molecule has 28 heavy (non-hydrogen) atoms. The molecule has 0 radical (unpaired) electrons. The van der Waals surface area contributed by atoms with E-state index in [4.69, 9.17) is 0 Å². The summed E-state index contributed by atoms with van der Waals surface area (Å²) >= 11 is 0. The Balaban J connectivity index is 1.60. The Bertz CT molecular complexity index is 990. The van der Waals surface area contributed by atoms with E-state index in [1.807, 2.05) is 0 Å². The summed E-state index contributed by atoms with van der Waals surface area (Å²) in [6.45, 7) is 1.90. The quantitative estimate of drug-likeness (QED) is 0.615. The Labute approximate surface area is 161 Å². The molecular weight excluding hydrogens is 359 g/mol. The lowest BCUT2D eigenvalue weighted by atomic mass is 10.1. The number of ketones is 1. The van der Waals surface area contributed by atoms with Gasteiger partial charge in [-0.1, -0.05) is 24.3 Å². The molecule has 0 aliphatic carbocycles. The first-order valence-corrected chi connectivity index (χ1v) is 8.74. The molecule has 0 aliphatic rings. The standard InChI is InChI=1S/C21H19FN4O2/c1-14(27)16-3-2-4-18(11-16)26-20-12-19(24-13-25-20)21(28)23-10-9-15-5-7-17(22)8-6-15/h2-8,11-13H,9-10H2,1H3,(H,23,28)(H,24,25,26). The summed E-state index contributed by atoms with van der Waals surface area (Å²) in [7, 11) is 0. The van der Waals surface area contributed by atoms with Crippen molar-refractivity contribution in [2.24, 2.45) is 0 Å². The highest BCUT2D eigenvalue weighted by Crippen LogP contribution is 2.16. The summed E-state index contributed by atoms with van der Waals surface area (Å²) in [5.74, 6) is -0.209. The van der Waals surface area contributed by atoms with Gasteiger partial charge in [0.05, 0.1) is 0 Å². The van der Waals surface area contributed by atoms with Crippen molar-refractivity contribution < 1.29 is 14.0 Å². The molecule has 0 saturated heterocycles. The second-order valence-corrected chi connectivity index (χ2v) is 6.18. The van der Waals surface area contributed by atoms with Crippen LogP contribution < -0.4 is 10.6 Å². The van der Waals surface area contributed by atoms with Gasteiger partial charge in [0.25, 0.3) is 5.91 Å². The Kier molecular flexibility index (Phi) is 6.06. The van der Waals surface area contributed by atoms with E-state index < -0.39 is 0 Å². The molecule has 0 fully saturated rings.